The fraction of sp³-hybridized carbons (Fsp3) is 0.267. The Labute approximate surface area is 132 Å². The van der Waals surface area contributed by atoms with Gasteiger partial charge < -0.3 is 10.6 Å². The third kappa shape index (κ3) is 4.82. The molecule has 0 radical (unpaired) electrons. The van der Waals surface area contributed by atoms with Gasteiger partial charge in [-0.3, -0.25) is 4.79 Å². The van der Waals surface area contributed by atoms with Gasteiger partial charge >= 0.3 is 0 Å². The molecule has 6 heteroatoms. The third-order valence-corrected chi connectivity index (χ3v) is 3.02. The molecule has 1 aromatic carbocycles. The molecular weight excluding hydrogens is 332 g/mol. The number of amides is 1. The molecule has 0 aliphatic heterocycles. The van der Waals surface area contributed by atoms with Crippen LogP contribution in [-0.4, -0.2) is 21.4 Å². The predicted molar refractivity (Wildman–Crippen MR) is 86.7 cm³/mol. The van der Waals surface area contributed by atoms with Crippen molar-refractivity contribution in [1.29, 1.82) is 0 Å². The summed E-state index contributed by atoms with van der Waals surface area (Å²) in [5.41, 5.74) is 0.901. The molecule has 5 nitrogen and oxygen atoms in total. The molecule has 0 spiro atoms. The van der Waals surface area contributed by atoms with Gasteiger partial charge in [0.25, 0.3) is 5.91 Å². The number of hydrogen-bond acceptors (Lipinski definition) is 4. The number of nitrogens with zero attached hydrogens (tertiary/aromatic N) is 2. The van der Waals surface area contributed by atoms with E-state index in [4.69, 9.17) is 0 Å². The molecule has 2 aromatic rings. The number of carbonyl (C=O) groups excluding carboxylic acids is 1. The van der Waals surface area contributed by atoms with Crippen molar-refractivity contribution in [3.8, 4) is 0 Å². The van der Waals surface area contributed by atoms with Crippen molar-refractivity contribution in [3.05, 3.63) is 46.8 Å². The van der Waals surface area contributed by atoms with Gasteiger partial charge in [-0.1, -0.05) is 15.9 Å². The Bertz CT molecular complexity index is 618. The highest BCUT2D eigenvalue weighted by Crippen LogP contribution is 2.17. The van der Waals surface area contributed by atoms with Gasteiger partial charge in [-0.25, -0.2) is 9.97 Å². The average molecular weight is 349 g/mol. The van der Waals surface area contributed by atoms with Crippen LogP contribution in [0.15, 0.2) is 41.1 Å². The van der Waals surface area contributed by atoms with E-state index in [0.29, 0.717) is 11.5 Å². The minimum atomic E-state index is -0.299. The molecule has 0 saturated carbocycles. The van der Waals surface area contributed by atoms with E-state index in [-0.39, 0.29) is 11.4 Å². The van der Waals surface area contributed by atoms with Crippen molar-refractivity contribution in [2.24, 2.45) is 0 Å². The number of benzene rings is 1. The normalized spacial score (nSPS) is 11.0. The molecule has 0 bridgehead atoms. The number of nitrogens with one attached hydrogen (secondary N) is 2. The van der Waals surface area contributed by atoms with Gasteiger partial charge in [0, 0.05) is 15.7 Å². The SMILES string of the molecule is CC(C)(C)NC(=O)c1cnc(Nc2ccc(Br)cc2)cn1. The third-order valence-electron chi connectivity index (χ3n) is 2.49. The first-order valence-electron chi connectivity index (χ1n) is 6.51. The zero-order valence-electron chi connectivity index (χ0n) is 12.1. The highest BCUT2D eigenvalue weighted by Gasteiger charge is 2.16. The minimum absolute atomic E-state index is 0.231. The van der Waals surface area contributed by atoms with Crippen LogP contribution < -0.4 is 10.6 Å². The highest BCUT2D eigenvalue weighted by molar-refractivity contribution is 9.10. The van der Waals surface area contributed by atoms with Crippen LogP contribution in [0.5, 0.6) is 0 Å². The van der Waals surface area contributed by atoms with E-state index < -0.39 is 0 Å². The fourth-order valence-electron chi connectivity index (χ4n) is 1.60. The average Bonchev–Trinajstić information content (AvgIpc) is 2.40. The van der Waals surface area contributed by atoms with E-state index in [2.05, 4.69) is 36.5 Å². The van der Waals surface area contributed by atoms with Gasteiger partial charge in [-0.2, -0.15) is 0 Å². The van der Waals surface area contributed by atoms with Crippen molar-refractivity contribution < 1.29 is 4.79 Å². The number of rotatable bonds is 3. The largest absolute Gasteiger partial charge is 0.346 e. The molecular formula is C15H17BrN4O. The second-order valence-corrected chi connectivity index (χ2v) is 6.54. The van der Waals surface area contributed by atoms with Crippen molar-refractivity contribution in [2.45, 2.75) is 26.3 Å². The van der Waals surface area contributed by atoms with Crippen molar-refractivity contribution in [2.75, 3.05) is 5.32 Å². The minimum Gasteiger partial charge on any atom is -0.346 e. The van der Waals surface area contributed by atoms with Crippen LogP contribution >= 0.6 is 15.9 Å². The molecule has 0 atom stereocenters. The lowest BCUT2D eigenvalue weighted by atomic mass is 10.1. The van der Waals surface area contributed by atoms with E-state index in [1.54, 1.807) is 6.20 Å². The molecule has 1 heterocycles. The number of anilines is 2. The van der Waals surface area contributed by atoms with Gasteiger partial charge in [0.1, 0.15) is 11.5 Å². The van der Waals surface area contributed by atoms with Crippen LogP contribution in [-0.2, 0) is 0 Å². The lowest BCUT2D eigenvalue weighted by molar-refractivity contribution is 0.0914. The van der Waals surface area contributed by atoms with Gasteiger partial charge in [0.15, 0.2) is 0 Å². The maximum absolute atomic E-state index is 11.9. The summed E-state index contributed by atoms with van der Waals surface area (Å²) >= 11 is 3.38. The first-order chi connectivity index (χ1) is 9.83. The fourth-order valence-corrected chi connectivity index (χ4v) is 1.86. The molecule has 0 unspecified atom stereocenters. The summed E-state index contributed by atoms with van der Waals surface area (Å²) < 4.78 is 1.01. The highest BCUT2D eigenvalue weighted by atomic mass is 79.9. The maximum Gasteiger partial charge on any atom is 0.271 e. The van der Waals surface area contributed by atoms with Gasteiger partial charge in [0.2, 0.25) is 0 Å². The standard InChI is InChI=1S/C15H17BrN4O/c1-15(2,3)20-14(21)12-8-18-13(9-17-12)19-11-6-4-10(16)5-7-11/h4-9H,1-3H3,(H,18,19)(H,20,21). The van der Waals surface area contributed by atoms with E-state index in [0.717, 1.165) is 10.2 Å². The van der Waals surface area contributed by atoms with Crippen molar-refractivity contribution in [1.82, 2.24) is 15.3 Å². The molecule has 0 fully saturated rings. The lowest BCUT2D eigenvalue weighted by Crippen LogP contribution is -2.40. The second kappa shape index (κ2) is 6.22. The molecule has 2 rings (SSSR count). The van der Waals surface area contributed by atoms with Crippen LogP contribution in [0.3, 0.4) is 0 Å². The van der Waals surface area contributed by atoms with Crippen LogP contribution in [0.2, 0.25) is 0 Å². The Morgan fingerprint density at radius 2 is 1.76 bits per heavy atom. The van der Waals surface area contributed by atoms with Gasteiger partial charge in [-0.05, 0) is 45.0 Å². The van der Waals surface area contributed by atoms with Crippen LogP contribution in [0, 0.1) is 0 Å². The van der Waals surface area contributed by atoms with E-state index in [1.165, 1.54) is 6.20 Å². The van der Waals surface area contributed by atoms with Crippen LogP contribution in [0.1, 0.15) is 31.3 Å². The number of hydrogen-bond donors (Lipinski definition) is 2. The van der Waals surface area contributed by atoms with Crippen molar-refractivity contribution in [3.63, 3.8) is 0 Å². The topological polar surface area (TPSA) is 66.9 Å². The smallest absolute Gasteiger partial charge is 0.271 e. The first kappa shape index (κ1) is 15.4. The Balaban J connectivity index is 2.05. The maximum atomic E-state index is 11.9. The summed E-state index contributed by atoms with van der Waals surface area (Å²) in [7, 11) is 0. The van der Waals surface area contributed by atoms with Crippen LogP contribution in [0.25, 0.3) is 0 Å². The molecule has 0 aliphatic carbocycles. The Morgan fingerprint density at radius 1 is 1.10 bits per heavy atom. The van der Waals surface area contributed by atoms with E-state index in [1.807, 2.05) is 45.0 Å². The zero-order valence-corrected chi connectivity index (χ0v) is 13.7. The number of halogens is 1. The number of carbonyl (C=O) groups is 1. The summed E-state index contributed by atoms with van der Waals surface area (Å²) in [6.45, 7) is 5.76. The molecule has 1 amide bonds. The quantitative estimate of drug-likeness (QED) is 0.890. The van der Waals surface area contributed by atoms with Crippen molar-refractivity contribution >= 4 is 33.3 Å². The summed E-state index contributed by atoms with van der Waals surface area (Å²) in [6.07, 6.45) is 3.00. The monoisotopic (exact) mass is 348 g/mol. The van der Waals surface area contributed by atoms with Crippen LogP contribution in [0.4, 0.5) is 11.5 Å². The summed E-state index contributed by atoms with van der Waals surface area (Å²) in [5.74, 6) is 0.356. The Morgan fingerprint density at radius 3 is 2.29 bits per heavy atom. The zero-order chi connectivity index (χ0) is 15.5. The van der Waals surface area contributed by atoms with Gasteiger partial charge in [-0.15, -0.1) is 0 Å². The summed E-state index contributed by atoms with van der Waals surface area (Å²) in [6, 6.07) is 7.71. The lowest BCUT2D eigenvalue weighted by Gasteiger charge is -2.19. The second-order valence-electron chi connectivity index (χ2n) is 5.62. The molecule has 1 aromatic heterocycles. The molecule has 0 aliphatic rings. The summed E-state index contributed by atoms with van der Waals surface area (Å²) in [5, 5.41) is 5.96. The number of aromatic nitrogens is 2. The van der Waals surface area contributed by atoms with E-state index >= 15 is 0 Å². The first-order valence-corrected chi connectivity index (χ1v) is 7.30. The summed E-state index contributed by atoms with van der Waals surface area (Å²) in [4.78, 5) is 20.3. The Hall–Kier alpha value is -1.95. The molecule has 110 valence electrons. The molecule has 2 N–H and O–H groups in total. The van der Waals surface area contributed by atoms with Gasteiger partial charge in [0.05, 0.1) is 12.4 Å². The molecule has 21 heavy (non-hydrogen) atoms. The van der Waals surface area contributed by atoms with E-state index in [9.17, 15) is 4.79 Å². The predicted octanol–water partition coefficient (Wildman–Crippen LogP) is 3.51. The Kier molecular flexibility index (Phi) is 4.57. The molecule has 0 saturated heterocycles.